The van der Waals surface area contributed by atoms with E-state index in [0.29, 0.717) is 23.8 Å². The van der Waals surface area contributed by atoms with Crippen molar-refractivity contribution in [3.63, 3.8) is 0 Å². The van der Waals surface area contributed by atoms with Gasteiger partial charge in [-0.05, 0) is 67.2 Å². The molecule has 0 radical (unpaired) electrons. The van der Waals surface area contributed by atoms with Gasteiger partial charge in [0.1, 0.15) is 5.58 Å². The quantitative estimate of drug-likeness (QED) is 0.672. The molecular formula is C22H24N2O4S. The first kappa shape index (κ1) is 19.7. The Hall–Kier alpha value is -2.64. The average Bonchev–Trinajstić information content (AvgIpc) is 3.16. The molecule has 29 heavy (non-hydrogen) atoms. The molecule has 2 N–H and O–H groups in total. The van der Waals surface area contributed by atoms with E-state index in [1.807, 2.05) is 18.2 Å². The van der Waals surface area contributed by atoms with Crippen LogP contribution in [-0.4, -0.2) is 40.2 Å². The Morgan fingerprint density at radius 2 is 1.76 bits per heavy atom. The first-order chi connectivity index (χ1) is 13.9. The topological polar surface area (TPSA) is 88.4 Å². The van der Waals surface area contributed by atoms with Crippen LogP contribution >= 0.6 is 0 Å². The average molecular weight is 413 g/mol. The van der Waals surface area contributed by atoms with Crippen LogP contribution in [0.1, 0.15) is 23.4 Å². The zero-order chi connectivity index (χ0) is 20.4. The molecule has 0 aliphatic carbocycles. The fourth-order valence-electron chi connectivity index (χ4n) is 3.63. The van der Waals surface area contributed by atoms with Gasteiger partial charge in [0, 0.05) is 18.2 Å². The highest BCUT2D eigenvalue weighted by atomic mass is 32.2. The summed E-state index contributed by atoms with van der Waals surface area (Å²) in [4.78, 5) is 12.8. The second-order valence-corrected chi connectivity index (χ2v) is 9.58. The van der Waals surface area contributed by atoms with E-state index in [0.717, 1.165) is 42.4 Å². The van der Waals surface area contributed by atoms with Crippen LogP contribution in [0.25, 0.3) is 22.1 Å². The smallest absolute Gasteiger partial charge is 0.287 e. The molecule has 0 bridgehead atoms. The lowest BCUT2D eigenvalue weighted by Gasteiger charge is -2.22. The normalized spacial score (nSPS) is 15.5. The minimum absolute atomic E-state index is 0.196. The van der Waals surface area contributed by atoms with Crippen molar-refractivity contribution in [3.8, 4) is 11.1 Å². The lowest BCUT2D eigenvalue weighted by atomic mass is 9.98. The van der Waals surface area contributed by atoms with E-state index in [1.165, 1.54) is 6.26 Å². The second kappa shape index (κ2) is 8.00. The Morgan fingerprint density at radius 3 is 2.45 bits per heavy atom. The van der Waals surface area contributed by atoms with Gasteiger partial charge in [-0.2, -0.15) is 0 Å². The highest BCUT2D eigenvalue weighted by Crippen LogP contribution is 2.27. The van der Waals surface area contributed by atoms with Gasteiger partial charge in [0.15, 0.2) is 15.6 Å². The summed E-state index contributed by atoms with van der Waals surface area (Å²) in [5, 5.41) is 7.15. The molecule has 0 spiro atoms. The molecule has 2 aromatic carbocycles. The third-order valence-electron chi connectivity index (χ3n) is 5.37. The monoisotopic (exact) mass is 412 g/mol. The number of carbonyl (C=O) groups excluding carboxylic acids is 1. The number of furan rings is 1. The fraction of sp³-hybridized carbons (Fsp3) is 0.318. The van der Waals surface area contributed by atoms with E-state index in [-0.39, 0.29) is 10.8 Å². The zero-order valence-corrected chi connectivity index (χ0v) is 17.1. The standard InChI is InChI=1S/C22H24N2O4S/c1-29(26,27)19-6-4-16(5-7-19)17-2-3-18-13-21(28-20(18)12-17)22(25)24-14-15-8-10-23-11-9-15/h2-7,12-13,15,23H,8-11,14H2,1H3,(H,24,25). The Bertz CT molecular complexity index is 1130. The van der Waals surface area contributed by atoms with Crippen LogP contribution in [0.5, 0.6) is 0 Å². The van der Waals surface area contributed by atoms with Gasteiger partial charge < -0.3 is 15.1 Å². The van der Waals surface area contributed by atoms with Crippen molar-refractivity contribution in [3.05, 3.63) is 54.3 Å². The summed E-state index contributed by atoms with van der Waals surface area (Å²) in [6.07, 6.45) is 3.33. The summed E-state index contributed by atoms with van der Waals surface area (Å²) in [7, 11) is -3.22. The zero-order valence-electron chi connectivity index (χ0n) is 16.3. The van der Waals surface area contributed by atoms with E-state index in [9.17, 15) is 13.2 Å². The molecule has 1 aliphatic rings. The van der Waals surface area contributed by atoms with Crippen molar-refractivity contribution >= 4 is 26.7 Å². The molecule has 1 aliphatic heterocycles. The number of hydrogen-bond acceptors (Lipinski definition) is 5. The van der Waals surface area contributed by atoms with Gasteiger partial charge >= 0.3 is 0 Å². The van der Waals surface area contributed by atoms with Crippen LogP contribution in [-0.2, 0) is 9.84 Å². The van der Waals surface area contributed by atoms with Crippen LogP contribution in [0.3, 0.4) is 0 Å². The van der Waals surface area contributed by atoms with E-state index >= 15 is 0 Å². The number of fused-ring (bicyclic) bond motifs is 1. The highest BCUT2D eigenvalue weighted by Gasteiger charge is 2.17. The molecule has 1 aromatic heterocycles. The number of hydrogen-bond donors (Lipinski definition) is 2. The number of rotatable bonds is 5. The van der Waals surface area contributed by atoms with Crippen LogP contribution in [0, 0.1) is 5.92 Å². The lowest BCUT2D eigenvalue weighted by molar-refractivity contribution is 0.0918. The van der Waals surface area contributed by atoms with Crippen LogP contribution < -0.4 is 10.6 Å². The first-order valence-electron chi connectivity index (χ1n) is 9.73. The van der Waals surface area contributed by atoms with Crippen molar-refractivity contribution in [2.45, 2.75) is 17.7 Å². The van der Waals surface area contributed by atoms with Gasteiger partial charge in [-0.15, -0.1) is 0 Å². The molecule has 7 heteroatoms. The number of benzene rings is 2. The maximum absolute atomic E-state index is 12.5. The summed E-state index contributed by atoms with van der Waals surface area (Å²) in [5.74, 6) is 0.614. The maximum atomic E-state index is 12.5. The van der Waals surface area contributed by atoms with E-state index in [2.05, 4.69) is 10.6 Å². The van der Waals surface area contributed by atoms with Gasteiger partial charge in [-0.25, -0.2) is 8.42 Å². The number of sulfone groups is 1. The molecule has 6 nitrogen and oxygen atoms in total. The van der Waals surface area contributed by atoms with Crippen molar-refractivity contribution in [1.82, 2.24) is 10.6 Å². The lowest BCUT2D eigenvalue weighted by Crippen LogP contribution is -2.35. The van der Waals surface area contributed by atoms with Gasteiger partial charge in [-0.1, -0.05) is 24.3 Å². The van der Waals surface area contributed by atoms with Crippen LogP contribution in [0.15, 0.2) is 57.8 Å². The maximum Gasteiger partial charge on any atom is 0.287 e. The van der Waals surface area contributed by atoms with Crippen molar-refractivity contribution < 1.29 is 17.6 Å². The molecule has 3 aromatic rings. The summed E-state index contributed by atoms with van der Waals surface area (Å²) in [6, 6.07) is 14.2. The molecule has 1 amide bonds. The third-order valence-corrected chi connectivity index (χ3v) is 6.50. The third kappa shape index (κ3) is 4.52. The van der Waals surface area contributed by atoms with Crippen LogP contribution in [0.4, 0.5) is 0 Å². The predicted octanol–water partition coefficient (Wildman–Crippen LogP) is 3.23. The summed E-state index contributed by atoms with van der Waals surface area (Å²) < 4.78 is 29.0. The van der Waals surface area contributed by atoms with E-state index in [1.54, 1.807) is 30.3 Å². The molecule has 2 heterocycles. The van der Waals surface area contributed by atoms with Gasteiger partial charge in [0.05, 0.1) is 4.90 Å². The summed E-state index contributed by atoms with van der Waals surface area (Å²) >= 11 is 0. The number of amides is 1. The summed E-state index contributed by atoms with van der Waals surface area (Å²) in [6.45, 7) is 2.66. The number of carbonyl (C=O) groups is 1. The van der Waals surface area contributed by atoms with Gasteiger partial charge in [0.2, 0.25) is 0 Å². The SMILES string of the molecule is CS(=O)(=O)c1ccc(-c2ccc3cc(C(=O)NCC4CCNCC4)oc3c2)cc1. The first-order valence-corrected chi connectivity index (χ1v) is 11.6. The number of nitrogens with one attached hydrogen (secondary N) is 2. The van der Waals surface area contributed by atoms with Gasteiger partial charge in [0.25, 0.3) is 5.91 Å². The molecular weight excluding hydrogens is 388 g/mol. The van der Waals surface area contributed by atoms with Crippen molar-refractivity contribution in [1.29, 1.82) is 0 Å². The molecule has 1 fully saturated rings. The Balaban J connectivity index is 1.50. The minimum Gasteiger partial charge on any atom is -0.451 e. The predicted molar refractivity (Wildman–Crippen MR) is 113 cm³/mol. The number of piperidine rings is 1. The highest BCUT2D eigenvalue weighted by molar-refractivity contribution is 7.90. The molecule has 4 rings (SSSR count). The molecule has 152 valence electrons. The Morgan fingerprint density at radius 1 is 1.07 bits per heavy atom. The fourth-order valence-corrected chi connectivity index (χ4v) is 4.26. The Labute approximate surface area is 170 Å². The molecule has 0 unspecified atom stereocenters. The summed E-state index contributed by atoms with van der Waals surface area (Å²) in [5.41, 5.74) is 2.41. The van der Waals surface area contributed by atoms with E-state index < -0.39 is 9.84 Å². The molecule has 0 saturated carbocycles. The minimum atomic E-state index is -3.22. The van der Waals surface area contributed by atoms with Gasteiger partial charge in [-0.3, -0.25) is 4.79 Å². The van der Waals surface area contributed by atoms with Crippen LogP contribution in [0.2, 0.25) is 0 Å². The van der Waals surface area contributed by atoms with Crippen molar-refractivity contribution in [2.24, 2.45) is 5.92 Å². The molecule has 0 atom stereocenters. The molecule has 1 saturated heterocycles. The second-order valence-electron chi connectivity index (χ2n) is 7.56. The van der Waals surface area contributed by atoms with Crippen molar-refractivity contribution in [2.75, 3.05) is 25.9 Å². The van der Waals surface area contributed by atoms with E-state index in [4.69, 9.17) is 4.42 Å². The largest absolute Gasteiger partial charge is 0.451 e. The Kier molecular flexibility index (Phi) is 5.43.